The molecule has 0 saturated carbocycles. The van der Waals surface area contributed by atoms with Crippen molar-refractivity contribution < 1.29 is 18.7 Å². The van der Waals surface area contributed by atoms with E-state index in [9.17, 15) is 4.79 Å². The number of hydrogen-bond donors (Lipinski definition) is 1. The Labute approximate surface area is 147 Å². The van der Waals surface area contributed by atoms with E-state index in [1.165, 1.54) is 0 Å². The Bertz CT molecular complexity index is 733. The number of furan rings is 1. The number of ether oxygens (including phenoxy) is 2. The van der Waals surface area contributed by atoms with Crippen LogP contribution in [0.1, 0.15) is 53.4 Å². The number of benzene rings is 1. The molecule has 1 N–H and O–H groups in total. The van der Waals surface area contributed by atoms with Crippen LogP contribution in [-0.4, -0.2) is 25.2 Å². The SMILES string of the molecule is O=C(NC1CCCc2occc21)c1ccccc1OCC1CCCO1. The average molecular weight is 341 g/mol. The second kappa shape index (κ2) is 7.31. The normalized spacial score (nSPS) is 22.4. The van der Waals surface area contributed by atoms with Crippen molar-refractivity contribution in [2.45, 2.75) is 44.2 Å². The van der Waals surface area contributed by atoms with Crippen molar-refractivity contribution in [3.63, 3.8) is 0 Å². The smallest absolute Gasteiger partial charge is 0.255 e. The molecular formula is C20H23NO4. The molecule has 1 aliphatic heterocycles. The van der Waals surface area contributed by atoms with E-state index in [4.69, 9.17) is 13.9 Å². The standard InChI is InChI=1S/C20H23NO4/c22-20(21-17-7-3-9-18-15(17)10-12-24-18)16-6-1-2-8-19(16)25-13-14-5-4-11-23-14/h1-2,6,8,10,12,14,17H,3-5,7,9,11,13H2,(H,21,22). The van der Waals surface area contributed by atoms with E-state index in [1.54, 1.807) is 12.3 Å². The minimum Gasteiger partial charge on any atom is -0.490 e. The fourth-order valence-corrected chi connectivity index (χ4v) is 3.61. The van der Waals surface area contributed by atoms with Gasteiger partial charge >= 0.3 is 0 Å². The first-order valence-electron chi connectivity index (χ1n) is 9.02. The van der Waals surface area contributed by atoms with Crippen LogP contribution in [-0.2, 0) is 11.2 Å². The molecule has 0 spiro atoms. The van der Waals surface area contributed by atoms with Crippen molar-refractivity contribution in [1.29, 1.82) is 0 Å². The van der Waals surface area contributed by atoms with Crippen LogP contribution in [0.25, 0.3) is 0 Å². The molecule has 132 valence electrons. The van der Waals surface area contributed by atoms with Gasteiger partial charge in [0.15, 0.2) is 0 Å². The lowest BCUT2D eigenvalue weighted by atomic mass is 9.93. The molecule has 1 amide bonds. The highest BCUT2D eigenvalue weighted by molar-refractivity contribution is 5.97. The van der Waals surface area contributed by atoms with Crippen molar-refractivity contribution in [3.05, 3.63) is 53.5 Å². The van der Waals surface area contributed by atoms with Gasteiger partial charge in [-0.25, -0.2) is 0 Å². The van der Waals surface area contributed by atoms with Crippen LogP contribution in [0.15, 0.2) is 41.0 Å². The Hall–Kier alpha value is -2.27. The van der Waals surface area contributed by atoms with Gasteiger partial charge in [-0.2, -0.15) is 0 Å². The molecule has 25 heavy (non-hydrogen) atoms. The lowest BCUT2D eigenvalue weighted by Gasteiger charge is -2.23. The van der Waals surface area contributed by atoms with Crippen LogP contribution < -0.4 is 10.1 Å². The van der Waals surface area contributed by atoms with Gasteiger partial charge in [0.1, 0.15) is 18.1 Å². The molecule has 0 radical (unpaired) electrons. The molecular weight excluding hydrogens is 318 g/mol. The van der Waals surface area contributed by atoms with Crippen molar-refractivity contribution in [2.24, 2.45) is 0 Å². The maximum atomic E-state index is 12.8. The second-order valence-electron chi connectivity index (χ2n) is 6.66. The quantitative estimate of drug-likeness (QED) is 0.902. The molecule has 2 aromatic rings. The highest BCUT2D eigenvalue weighted by Gasteiger charge is 2.25. The molecule has 5 heteroatoms. The first kappa shape index (κ1) is 16.2. The number of fused-ring (bicyclic) bond motifs is 1. The molecule has 0 bridgehead atoms. The molecule has 2 heterocycles. The number of carbonyl (C=O) groups excluding carboxylic acids is 1. The third-order valence-corrected chi connectivity index (χ3v) is 4.94. The molecule has 1 aromatic carbocycles. The Balaban J connectivity index is 1.45. The summed E-state index contributed by atoms with van der Waals surface area (Å²) in [5, 5.41) is 3.14. The summed E-state index contributed by atoms with van der Waals surface area (Å²) in [6, 6.07) is 9.35. The van der Waals surface area contributed by atoms with Gasteiger partial charge in [0.2, 0.25) is 0 Å². The minimum absolute atomic E-state index is 0.00113. The van der Waals surface area contributed by atoms with Gasteiger partial charge < -0.3 is 19.2 Å². The van der Waals surface area contributed by atoms with E-state index in [-0.39, 0.29) is 18.1 Å². The van der Waals surface area contributed by atoms with Gasteiger partial charge in [0, 0.05) is 18.6 Å². The summed E-state index contributed by atoms with van der Waals surface area (Å²) in [5.41, 5.74) is 1.66. The van der Waals surface area contributed by atoms with E-state index < -0.39 is 0 Å². The Morgan fingerprint density at radius 2 is 2.12 bits per heavy atom. The number of hydrogen-bond acceptors (Lipinski definition) is 4. The lowest BCUT2D eigenvalue weighted by molar-refractivity contribution is 0.0670. The first-order valence-corrected chi connectivity index (χ1v) is 9.02. The van der Waals surface area contributed by atoms with Crippen molar-refractivity contribution in [2.75, 3.05) is 13.2 Å². The third-order valence-electron chi connectivity index (χ3n) is 4.94. The number of para-hydroxylation sites is 1. The van der Waals surface area contributed by atoms with E-state index in [2.05, 4.69) is 5.32 Å². The van der Waals surface area contributed by atoms with Crippen molar-refractivity contribution >= 4 is 5.91 Å². The van der Waals surface area contributed by atoms with Crippen LogP contribution in [0.5, 0.6) is 5.75 Å². The van der Waals surface area contributed by atoms with Crippen LogP contribution in [0, 0.1) is 0 Å². The highest BCUT2D eigenvalue weighted by atomic mass is 16.5. The van der Waals surface area contributed by atoms with E-state index in [0.717, 1.165) is 50.0 Å². The predicted octanol–water partition coefficient (Wildman–Crippen LogP) is 3.64. The number of nitrogens with one attached hydrogen (secondary N) is 1. The summed E-state index contributed by atoms with van der Waals surface area (Å²) in [7, 11) is 0. The summed E-state index contributed by atoms with van der Waals surface area (Å²) in [4.78, 5) is 12.8. The number of carbonyl (C=O) groups is 1. The second-order valence-corrected chi connectivity index (χ2v) is 6.66. The van der Waals surface area contributed by atoms with E-state index in [0.29, 0.717) is 17.9 Å². The van der Waals surface area contributed by atoms with Gasteiger partial charge in [0.05, 0.1) is 24.0 Å². The summed E-state index contributed by atoms with van der Waals surface area (Å²) in [6.07, 6.45) is 6.80. The van der Waals surface area contributed by atoms with Crippen molar-refractivity contribution in [3.8, 4) is 5.75 Å². The highest BCUT2D eigenvalue weighted by Crippen LogP contribution is 2.31. The predicted molar refractivity (Wildman–Crippen MR) is 92.8 cm³/mol. The maximum absolute atomic E-state index is 12.8. The molecule has 5 nitrogen and oxygen atoms in total. The molecule has 1 saturated heterocycles. The van der Waals surface area contributed by atoms with Crippen LogP contribution in [0.3, 0.4) is 0 Å². The molecule has 2 aliphatic rings. The first-order chi connectivity index (χ1) is 12.3. The molecule has 1 fully saturated rings. The zero-order valence-electron chi connectivity index (χ0n) is 14.2. The van der Waals surface area contributed by atoms with Gasteiger partial charge in [-0.3, -0.25) is 4.79 Å². The number of rotatable bonds is 5. The number of amides is 1. The zero-order valence-corrected chi connectivity index (χ0v) is 14.2. The minimum atomic E-state index is -0.109. The van der Waals surface area contributed by atoms with Crippen LogP contribution >= 0.6 is 0 Å². The largest absolute Gasteiger partial charge is 0.490 e. The lowest BCUT2D eigenvalue weighted by Crippen LogP contribution is -2.31. The molecule has 1 aromatic heterocycles. The van der Waals surface area contributed by atoms with Crippen molar-refractivity contribution in [1.82, 2.24) is 5.32 Å². The summed E-state index contributed by atoms with van der Waals surface area (Å²) < 4.78 is 17.0. The molecule has 2 unspecified atom stereocenters. The molecule has 4 rings (SSSR count). The molecule has 2 atom stereocenters. The van der Waals surface area contributed by atoms with Gasteiger partial charge in [-0.1, -0.05) is 12.1 Å². The van der Waals surface area contributed by atoms with Crippen LogP contribution in [0.4, 0.5) is 0 Å². The van der Waals surface area contributed by atoms with Crippen LogP contribution in [0.2, 0.25) is 0 Å². The Morgan fingerprint density at radius 3 is 3.00 bits per heavy atom. The third kappa shape index (κ3) is 3.56. The Kier molecular flexibility index (Phi) is 4.74. The topological polar surface area (TPSA) is 60.7 Å². The van der Waals surface area contributed by atoms with E-state index >= 15 is 0 Å². The summed E-state index contributed by atoms with van der Waals surface area (Å²) in [5.74, 6) is 1.49. The summed E-state index contributed by atoms with van der Waals surface area (Å²) in [6.45, 7) is 1.28. The zero-order chi connectivity index (χ0) is 17.1. The van der Waals surface area contributed by atoms with Gasteiger partial charge in [-0.15, -0.1) is 0 Å². The fraction of sp³-hybridized carbons (Fsp3) is 0.450. The molecule has 1 aliphatic carbocycles. The average Bonchev–Trinajstić information content (AvgIpc) is 3.32. The summed E-state index contributed by atoms with van der Waals surface area (Å²) >= 11 is 0. The van der Waals surface area contributed by atoms with E-state index in [1.807, 2.05) is 24.3 Å². The van der Waals surface area contributed by atoms with Gasteiger partial charge in [-0.05, 0) is 43.9 Å². The maximum Gasteiger partial charge on any atom is 0.255 e. The Morgan fingerprint density at radius 1 is 1.20 bits per heavy atom. The van der Waals surface area contributed by atoms with Gasteiger partial charge in [0.25, 0.3) is 5.91 Å². The monoisotopic (exact) mass is 341 g/mol. The number of aryl methyl sites for hydroxylation is 1. The fourth-order valence-electron chi connectivity index (χ4n) is 3.61.